The molecule has 1 fully saturated rings. The molecule has 3 rings (SSSR count). The molecule has 3 heterocycles. The smallest absolute Gasteiger partial charge is 0.222 e. The zero-order valence-electron chi connectivity index (χ0n) is 18.1. The van der Waals surface area contributed by atoms with Crippen LogP contribution in [0, 0.1) is 0 Å². The number of oxime groups is 1. The Morgan fingerprint density at radius 3 is 2.87 bits per heavy atom. The lowest BCUT2D eigenvalue weighted by Gasteiger charge is -2.22. The molecular weight excluding hydrogens is 406 g/mol. The highest BCUT2D eigenvalue weighted by Crippen LogP contribution is 2.32. The number of nitrogens with two attached hydrogens (primary N) is 1. The van der Waals surface area contributed by atoms with E-state index in [-0.39, 0.29) is 5.82 Å². The minimum atomic E-state index is -1.12. The highest BCUT2D eigenvalue weighted by molar-refractivity contribution is 5.81. The van der Waals surface area contributed by atoms with Crippen LogP contribution in [0.15, 0.2) is 17.8 Å². The molecule has 2 aromatic rings. The Hall–Kier alpha value is -2.54. The van der Waals surface area contributed by atoms with E-state index in [9.17, 15) is 10.2 Å². The summed E-state index contributed by atoms with van der Waals surface area (Å²) in [5.74, 6) is 0.760. The summed E-state index contributed by atoms with van der Waals surface area (Å²) in [5, 5.41) is 24.9. The van der Waals surface area contributed by atoms with Crippen LogP contribution >= 0.6 is 0 Å². The maximum absolute atomic E-state index is 10.5. The fourth-order valence-electron chi connectivity index (χ4n) is 3.48. The van der Waals surface area contributed by atoms with Gasteiger partial charge in [-0.05, 0) is 33.4 Å². The van der Waals surface area contributed by atoms with Gasteiger partial charge in [-0.15, -0.1) is 0 Å². The van der Waals surface area contributed by atoms with Crippen molar-refractivity contribution in [1.82, 2.24) is 24.4 Å². The van der Waals surface area contributed by atoms with E-state index in [1.165, 1.54) is 12.7 Å². The van der Waals surface area contributed by atoms with Crippen molar-refractivity contribution in [2.45, 2.75) is 51.2 Å². The van der Waals surface area contributed by atoms with E-state index >= 15 is 0 Å². The fourth-order valence-corrected chi connectivity index (χ4v) is 3.48. The molecule has 0 aromatic carbocycles. The van der Waals surface area contributed by atoms with E-state index in [4.69, 9.17) is 20.0 Å². The molecule has 172 valence electrons. The van der Waals surface area contributed by atoms with Gasteiger partial charge in [0, 0.05) is 13.5 Å². The van der Waals surface area contributed by atoms with Crippen LogP contribution in [0.1, 0.15) is 32.9 Å². The fraction of sp³-hybridized carbons (Fsp3) is 0.684. The number of likely N-dealkylation sites (N-methyl/N-ethyl adjacent to an activating group) is 1. The van der Waals surface area contributed by atoms with Gasteiger partial charge in [-0.25, -0.2) is 15.0 Å². The Morgan fingerprint density at radius 1 is 1.29 bits per heavy atom. The van der Waals surface area contributed by atoms with Gasteiger partial charge in [-0.2, -0.15) is 0 Å². The third-order valence-corrected chi connectivity index (χ3v) is 5.06. The van der Waals surface area contributed by atoms with Gasteiger partial charge >= 0.3 is 0 Å². The van der Waals surface area contributed by atoms with Gasteiger partial charge in [0.1, 0.15) is 36.8 Å². The van der Waals surface area contributed by atoms with Crippen LogP contribution < -0.4 is 5.73 Å². The number of aromatic nitrogens is 4. The lowest BCUT2D eigenvalue weighted by Crippen LogP contribution is -2.38. The number of fused-ring (bicyclic) bond motifs is 1. The van der Waals surface area contributed by atoms with Crippen molar-refractivity contribution < 1.29 is 24.5 Å². The Bertz CT molecular complexity index is 876. The van der Waals surface area contributed by atoms with Crippen LogP contribution in [0.2, 0.25) is 0 Å². The van der Waals surface area contributed by atoms with E-state index in [1.807, 2.05) is 18.9 Å². The van der Waals surface area contributed by atoms with Crippen LogP contribution in [0.4, 0.5) is 5.82 Å². The maximum atomic E-state index is 10.5. The van der Waals surface area contributed by atoms with E-state index in [0.29, 0.717) is 36.8 Å². The molecule has 0 unspecified atom stereocenters. The molecule has 1 aliphatic rings. The highest BCUT2D eigenvalue weighted by atomic mass is 16.6. The van der Waals surface area contributed by atoms with Crippen molar-refractivity contribution in [2.75, 3.05) is 39.1 Å². The molecule has 0 bridgehead atoms. The van der Waals surface area contributed by atoms with Gasteiger partial charge in [0.2, 0.25) is 5.90 Å². The molecule has 2 aromatic heterocycles. The lowest BCUT2D eigenvalue weighted by atomic mass is 10.1. The zero-order chi connectivity index (χ0) is 22.4. The summed E-state index contributed by atoms with van der Waals surface area (Å²) < 4.78 is 12.7. The highest BCUT2D eigenvalue weighted by Gasteiger charge is 2.44. The zero-order valence-corrected chi connectivity index (χ0v) is 18.1. The molecule has 0 amide bonds. The summed E-state index contributed by atoms with van der Waals surface area (Å²) in [4.78, 5) is 19.5. The molecule has 1 saturated heterocycles. The molecule has 12 heteroatoms. The molecule has 4 atom stereocenters. The second-order valence-corrected chi connectivity index (χ2v) is 7.48. The third-order valence-electron chi connectivity index (χ3n) is 5.06. The standard InChI is InChI=1S/C19H31N7O5/c1-4-29-12(2)24-30-8-6-5-7-25(3)9-13-15(27)16(28)19(31-13)26-11-23-14-17(20)21-10-22-18(14)26/h10-11,13,15-16,19,27-28H,4-9H2,1-3H3,(H2,20,21,22)/b24-12-/t13-,15-,16-,19-/m1/s1. The van der Waals surface area contributed by atoms with Crippen molar-refractivity contribution in [3.8, 4) is 0 Å². The number of nitrogens with zero attached hydrogens (tertiary/aromatic N) is 6. The summed E-state index contributed by atoms with van der Waals surface area (Å²) in [5.41, 5.74) is 6.69. The quantitative estimate of drug-likeness (QED) is 0.202. The first-order valence-corrected chi connectivity index (χ1v) is 10.3. The average molecular weight is 438 g/mol. The van der Waals surface area contributed by atoms with Crippen LogP contribution in [0.5, 0.6) is 0 Å². The number of imidazole rings is 1. The second kappa shape index (κ2) is 10.7. The normalized spacial score (nSPS) is 24.3. The SMILES string of the molecule is CCO/C(C)=N\OCCCCN(C)C[C@H]1O[C@@H](n2cnc3c(N)ncnc32)[C@H](O)[C@@H]1O. The van der Waals surface area contributed by atoms with Gasteiger partial charge in [0.25, 0.3) is 0 Å². The molecule has 4 N–H and O–H groups in total. The number of anilines is 1. The Labute approximate surface area is 180 Å². The van der Waals surface area contributed by atoms with Crippen molar-refractivity contribution in [3.05, 3.63) is 12.7 Å². The van der Waals surface area contributed by atoms with E-state index < -0.39 is 24.5 Å². The maximum Gasteiger partial charge on any atom is 0.222 e. The van der Waals surface area contributed by atoms with Crippen LogP contribution in [-0.2, 0) is 14.3 Å². The van der Waals surface area contributed by atoms with E-state index in [1.54, 1.807) is 11.5 Å². The van der Waals surface area contributed by atoms with Gasteiger partial charge in [0.15, 0.2) is 17.7 Å². The molecule has 12 nitrogen and oxygen atoms in total. The number of nitrogen functional groups attached to an aromatic ring is 1. The van der Waals surface area contributed by atoms with Crippen molar-refractivity contribution in [1.29, 1.82) is 0 Å². The molecule has 31 heavy (non-hydrogen) atoms. The van der Waals surface area contributed by atoms with E-state index in [2.05, 4.69) is 20.1 Å². The van der Waals surface area contributed by atoms with Gasteiger partial charge in [-0.1, -0.05) is 5.16 Å². The molecule has 1 aliphatic heterocycles. The monoisotopic (exact) mass is 437 g/mol. The summed E-state index contributed by atoms with van der Waals surface area (Å²) in [6, 6.07) is 0. The summed E-state index contributed by atoms with van der Waals surface area (Å²) in [6.07, 6.45) is 0.995. The first-order chi connectivity index (χ1) is 14.9. The number of hydrogen-bond acceptors (Lipinski definition) is 11. The Kier molecular flexibility index (Phi) is 7.96. The lowest BCUT2D eigenvalue weighted by molar-refractivity contribution is -0.0423. The van der Waals surface area contributed by atoms with Crippen LogP contribution in [0.3, 0.4) is 0 Å². The van der Waals surface area contributed by atoms with Gasteiger partial charge in [0.05, 0.1) is 12.9 Å². The number of hydrogen-bond donors (Lipinski definition) is 3. The van der Waals surface area contributed by atoms with Crippen LogP contribution in [0.25, 0.3) is 11.2 Å². The Morgan fingerprint density at radius 2 is 2.10 bits per heavy atom. The number of ether oxygens (including phenoxy) is 2. The first-order valence-electron chi connectivity index (χ1n) is 10.3. The number of rotatable bonds is 10. The summed E-state index contributed by atoms with van der Waals surface area (Å²) >= 11 is 0. The number of unbranched alkanes of at least 4 members (excludes halogenated alkanes) is 1. The third kappa shape index (κ3) is 5.58. The molecule has 0 saturated carbocycles. The summed E-state index contributed by atoms with van der Waals surface area (Å²) in [7, 11) is 1.94. The summed E-state index contributed by atoms with van der Waals surface area (Å²) in [6.45, 7) is 5.94. The van der Waals surface area contributed by atoms with Crippen molar-refractivity contribution >= 4 is 22.9 Å². The average Bonchev–Trinajstić information content (AvgIpc) is 3.28. The second-order valence-electron chi connectivity index (χ2n) is 7.48. The van der Waals surface area contributed by atoms with Gasteiger partial charge in [-0.3, -0.25) is 4.57 Å². The first kappa shape index (κ1) is 23.1. The molecule has 0 radical (unpaired) electrons. The van der Waals surface area contributed by atoms with Gasteiger partial charge < -0.3 is 35.2 Å². The predicted molar refractivity (Wildman–Crippen MR) is 113 cm³/mol. The minimum absolute atomic E-state index is 0.246. The minimum Gasteiger partial charge on any atom is -0.479 e. The molecule has 0 spiro atoms. The van der Waals surface area contributed by atoms with E-state index in [0.717, 1.165) is 19.4 Å². The largest absolute Gasteiger partial charge is 0.479 e. The number of aliphatic hydroxyl groups excluding tert-OH is 2. The van der Waals surface area contributed by atoms with Crippen LogP contribution in [-0.4, -0.2) is 92.2 Å². The molecule has 0 aliphatic carbocycles. The van der Waals surface area contributed by atoms with Crippen molar-refractivity contribution in [2.24, 2.45) is 5.16 Å². The molecular formula is C19H31N7O5. The number of aliphatic hydroxyl groups is 2. The van der Waals surface area contributed by atoms with Crippen molar-refractivity contribution in [3.63, 3.8) is 0 Å². The predicted octanol–water partition coefficient (Wildman–Crippen LogP) is 0.126. The topological polar surface area (TPSA) is 153 Å². The Balaban J connectivity index is 1.48.